The van der Waals surface area contributed by atoms with Gasteiger partial charge in [-0.05, 0) is 6.42 Å². The average Bonchev–Trinajstić information content (AvgIpc) is 1.80. The van der Waals surface area contributed by atoms with Gasteiger partial charge in [0.15, 0.2) is 5.96 Å². The fraction of sp³-hybridized carbons (Fsp3) is 0.750. The molecule has 50 valence electrons. The number of hydrogen-bond donors (Lipinski definition) is 3. The lowest BCUT2D eigenvalue weighted by molar-refractivity contribution is 0.828. The number of hydrogen-bond acceptors (Lipinski definition) is 1. The Morgan fingerprint density at radius 3 is 2.89 bits per heavy atom. The minimum Gasteiger partial charge on any atom is -0.370 e. The Bertz CT molecular complexity index is 85.9. The molecule has 0 bridgehead atoms. The molecule has 0 spiro atoms. The van der Waals surface area contributed by atoms with Crippen LogP contribution in [0.3, 0.4) is 0 Å². The second kappa shape index (κ2) is 5.54. The molecule has 5 heteroatoms. The van der Waals surface area contributed by atoms with Gasteiger partial charge in [0, 0.05) is 6.54 Å². The first kappa shape index (κ1) is 8.40. The molecule has 3 nitrogen and oxygen atoms in total. The number of guanidine groups is 1. The second-order valence-corrected chi connectivity index (χ2v) is 2.05. The van der Waals surface area contributed by atoms with Gasteiger partial charge in [0.05, 0.1) is 14.9 Å². The van der Waals surface area contributed by atoms with Crippen LogP contribution in [0.5, 0.6) is 0 Å². The van der Waals surface area contributed by atoms with E-state index in [1.165, 1.54) is 13.5 Å². The summed E-state index contributed by atoms with van der Waals surface area (Å²) < 4.78 is 0. The maximum Gasteiger partial charge on any atom is 0.185 e. The minimum absolute atomic E-state index is 0.0751. The third-order valence-electron chi connectivity index (χ3n) is 1.10. The lowest BCUT2D eigenvalue weighted by Gasteiger charge is -2.00. The molecule has 0 aromatic rings. The highest BCUT2D eigenvalue weighted by Gasteiger charge is 1.86. The summed E-state index contributed by atoms with van der Waals surface area (Å²) in [5.74, 6) is 0.0751. The Kier molecular flexibility index (Phi) is 5.17. The van der Waals surface area contributed by atoms with Crippen LogP contribution in [0, 0.1) is 5.41 Å². The maximum absolute atomic E-state index is 6.80. The molecule has 0 aliphatic rings. The van der Waals surface area contributed by atoms with Crippen LogP contribution >= 0.6 is 0 Å². The van der Waals surface area contributed by atoms with E-state index in [1.807, 2.05) is 0 Å². The molecule has 0 aliphatic heterocycles. The van der Waals surface area contributed by atoms with Crippen LogP contribution < -0.4 is 11.1 Å². The van der Waals surface area contributed by atoms with Crippen LogP contribution in [-0.4, -0.2) is 27.4 Å². The third-order valence-corrected chi connectivity index (χ3v) is 1.10. The molecule has 0 heterocycles. The van der Waals surface area contributed by atoms with Gasteiger partial charge in [0.25, 0.3) is 0 Å². The summed E-state index contributed by atoms with van der Waals surface area (Å²) in [7, 11) is 3.35. The molecular formula is C4H13B2N3. The van der Waals surface area contributed by atoms with E-state index in [2.05, 4.69) is 13.1 Å². The fourth-order valence-electron chi connectivity index (χ4n) is 0.598. The maximum atomic E-state index is 6.80. The molecule has 0 aliphatic carbocycles. The van der Waals surface area contributed by atoms with Gasteiger partial charge >= 0.3 is 0 Å². The second-order valence-electron chi connectivity index (χ2n) is 2.05. The first-order chi connectivity index (χ1) is 4.27. The Balaban J connectivity index is 2.83. The normalized spacial score (nSPS) is 8.44. The highest BCUT2D eigenvalue weighted by molar-refractivity contribution is 6.89. The largest absolute Gasteiger partial charge is 0.370 e. The van der Waals surface area contributed by atoms with Crippen LogP contribution in [0.1, 0.15) is 6.42 Å². The molecule has 0 atom stereocenters. The first-order valence-corrected chi connectivity index (χ1v) is 3.35. The highest BCUT2D eigenvalue weighted by Crippen LogP contribution is 1.81. The van der Waals surface area contributed by atoms with Crippen LogP contribution in [-0.2, 0) is 0 Å². The van der Waals surface area contributed by atoms with Crippen molar-refractivity contribution in [3.05, 3.63) is 0 Å². The van der Waals surface area contributed by atoms with Gasteiger partial charge in [-0.1, -0.05) is 6.32 Å². The Hall–Kier alpha value is -0.600. The summed E-state index contributed by atoms with van der Waals surface area (Å²) in [5, 5.41) is 9.54. The molecule has 0 aromatic carbocycles. The molecule has 0 unspecified atom stereocenters. The van der Waals surface area contributed by atoms with Gasteiger partial charge in [-0.25, -0.2) is 0 Å². The van der Waals surface area contributed by atoms with Crippen molar-refractivity contribution in [1.29, 1.82) is 5.41 Å². The Labute approximate surface area is 57.5 Å². The lowest BCUT2D eigenvalue weighted by atomic mass is 9.53. The van der Waals surface area contributed by atoms with Gasteiger partial charge in [-0.3, -0.25) is 5.41 Å². The summed E-state index contributed by atoms with van der Waals surface area (Å²) in [4.78, 5) is 0. The SMILES string of the molecule is BBCCCNC(=N)N. The van der Waals surface area contributed by atoms with Crippen LogP contribution in [0.2, 0.25) is 6.32 Å². The molecule has 0 saturated carbocycles. The zero-order chi connectivity index (χ0) is 7.11. The summed E-state index contributed by atoms with van der Waals surface area (Å²) in [6, 6.07) is 0. The number of nitrogens with one attached hydrogen (secondary N) is 2. The van der Waals surface area contributed by atoms with E-state index in [-0.39, 0.29) is 5.96 Å². The molecule has 0 amide bonds. The highest BCUT2D eigenvalue weighted by atomic mass is 15.0. The van der Waals surface area contributed by atoms with Crippen LogP contribution in [0.15, 0.2) is 0 Å². The van der Waals surface area contributed by atoms with E-state index in [9.17, 15) is 0 Å². The van der Waals surface area contributed by atoms with E-state index in [0.717, 1.165) is 13.0 Å². The molecule has 0 rings (SSSR count). The Morgan fingerprint density at radius 1 is 1.78 bits per heavy atom. The zero-order valence-electron chi connectivity index (χ0n) is 5.91. The molecule has 0 saturated heterocycles. The van der Waals surface area contributed by atoms with Crippen molar-refractivity contribution in [3.8, 4) is 0 Å². The van der Waals surface area contributed by atoms with E-state index >= 15 is 0 Å². The van der Waals surface area contributed by atoms with Crippen molar-refractivity contribution < 1.29 is 0 Å². The zero-order valence-corrected chi connectivity index (χ0v) is 5.91. The molecule has 0 fully saturated rings. The standard InChI is InChI=1S/C4H13B2N3/c5-6-2-1-3-9-4(7)8/h6H,1-3,5H2,(H4,7,8,9). The van der Waals surface area contributed by atoms with Crippen molar-refractivity contribution in [2.45, 2.75) is 12.7 Å². The Morgan fingerprint density at radius 2 is 2.44 bits per heavy atom. The van der Waals surface area contributed by atoms with Gasteiger partial charge in [-0.15, -0.1) is 0 Å². The van der Waals surface area contributed by atoms with Gasteiger partial charge < -0.3 is 11.1 Å². The smallest absolute Gasteiger partial charge is 0.185 e. The fourth-order valence-corrected chi connectivity index (χ4v) is 0.598. The van der Waals surface area contributed by atoms with Crippen molar-refractivity contribution in [1.82, 2.24) is 5.32 Å². The molecule has 0 radical (unpaired) electrons. The third kappa shape index (κ3) is 7.40. The van der Waals surface area contributed by atoms with Gasteiger partial charge in [-0.2, -0.15) is 0 Å². The van der Waals surface area contributed by atoms with E-state index in [0.29, 0.717) is 0 Å². The molecular weight excluding hydrogens is 112 g/mol. The average molecular weight is 125 g/mol. The minimum atomic E-state index is 0.0751. The van der Waals surface area contributed by atoms with E-state index < -0.39 is 0 Å². The van der Waals surface area contributed by atoms with E-state index in [4.69, 9.17) is 11.1 Å². The predicted octanol–water partition coefficient (Wildman–Crippen LogP) is -1.74. The van der Waals surface area contributed by atoms with Crippen molar-refractivity contribution >= 4 is 20.9 Å². The predicted molar refractivity (Wildman–Crippen MR) is 45.0 cm³/mol. The molecule has 0 aromatic heterocycles. The van der Waals surface area contributed by atoms with Gasteiger partial charge in [0.1, 0.15) is 0 Å². The van der Waals surface area contributed by atoms with Crippen molar-refractivity contribution in [2.75, 3.05) is 6.54 Å². The van der Waals surface area contributed by atoms with Gasteiger partial charge in [0.2, 0.25) is 0 Å². The van der Waals surface area contributed by atoms with Crippen LogP contribution in [0.25, 0.3) is 0 Å². The lowest BCUT2D eigenvalue weighted by Crippen LogP contribution is -2.30. The quantitative estimate of drug-likeness (QED) is 0.181. The summed E-state index contributed by atoms with van der Waals surface area (Å²) in [5.41, 5.74) is 5.05. The summed E-state index contributed by atoms with van der Waals surface area (Å²) in [6.07, 6.45) is 2.32. The van der Waals surface area contributed by atoms with Crippen LogP contribution in [0.4, 0.5) is 0 Å². The number of rotatable bonds is 4. The topological polar surface area (TPSA) is 61.9 Å². The van der Waals surface area contributed by atoms with E-state index in [1.54, 1.807) is 0 Å². The molecule has 4 N–H and O–H groups in total. The number of nitrogens with two attached hydrogens (primary N) is 1. The summed E-state index contributed by atoms with van der Waals surface area (Å²) >= 11 is 0. The molecule has 9 heavy (non-hydrogen) atoms. The van der Waals surface area contributed by atoms with Crippen molar-refractivity contribution in [2.24, 2.45) is 5.73 Å². The first-order valence-electron chi connectivity index (χ1n) is 3.35. The summed E-state index contributed by atoms with van der Waals surface area (Å²) in [6.45, 7) is 0.836. The van der Waals surface area contributed by atoms with Crippen molar-refractivity contribution in [3.63, 3.8) is 0 Å². The monoisotopic (exact) mass is 125 g/mol.